The zero-order chi connectivity index (χ0) is 17.1. The molecular weight excluding hydrogens is 302 g/mol. The van der Waals surface area contributed by atoms with Crippen LogP contribution >= 0.6 is 0 Å². The summed E-state index contributed by atoms with van der Waals surface area (Å²) in [7, 11) is 0. The molecule has 8 heteroatoms. The minimum Gasteiger partial charge on any atom is -0.478 e. The van der Waals surface area contributed by atoms with Gasteiger partial charge in [0.15, 0.2) is 0 Å². The Morgan fingerprint density at radius 2 is 2.17 bits per heavy atom. The molecule has 1 fully saturated rings. The maximum Gasteiger partial charge on any atom is 0.331 e. The number of hydrogen-bond acceptors (Lipinski definition) is 6. The second kappa shape index (κ2) is 7.39. The number of amides is 1. The average molecular weight is 327 g/mol. The lowest BCUT2D eigenvalue weighted by Gasteiger charge is -2.45. The van der Waals surface area contributed by atoms with Gasteiger partial charge in [-0.15, -0.1) is 0 Å². The van der Waals surface area contributed by atoms with Crippen molar-refractivity contribution >= 4 is 11.9 Å². The van der Waals surface area contributed by atoms with Crippen LogP contribution in [0, 0.1) is 5.92 Å². The summed E-state index contributed by atoms with van der Waals surface area (Å²) in [6.07, 6.45) is 1.74. The summed E-state index contributed by atoms with van der Waals surface area (Å²) in [6, 6.07) is -1.26. The molecule has 1 aliphatic heterocycles. The third kappa shape index (κ3) is 4.08. The molecule has 2 rings (SSSR count). The van der Waals surface area contributed by atoms with E-state index in [-0.39, 0.29) is 36.5 Å². The molecule has 5 atom stereocenters. The lowest BCUT2D eigenvalue weighted by molar-refractivity contribution is -0.133. The Morgan fingerprint density at radius 3 is 2.74 bits per heavy atom. The number of aliphatic hydroxyl groups is 2. The number of nitrogens with one attached hydrogen (secondary N) is 1. The molecule has 23 heavy (non-hydrogen) atoms. The van der Waals surface area contributed by atoms with E-state index in [0.717, 1.165) is 0 Å². The third-order valence-electron chi connectivity index (χ3n) is 4.68. The monoisotopic (exact) mass is 327 g/mol. The molecule has 8 nitrogen and oxygen atoms in total. The first kappa shape index (κ1) is 17.9. The second-order valence-electron chi connectivity index (χ2n) is 6.38. The Morgan fingerprint density at radius 1 is 1.48 bits per heavy atom. The summed E-state index contributed by atoms with van der Waals surface area (Å²) in [5, 5.41) is 31.4. The zero-order valence-electron chi connectivity index (χ0n) is 13.2. The summed E-state index contributed by atoms with van der Waals surface area (Å²) in [6.45, 7) is 2.23. The van der Waals surface area contributed by atoms with E-state index < -0.39 is 24.2 Å². The maximum atomic E-state index is 11.5. The molecular formula is C15H25N3O5. The summed E-state index contributed by atoms with van der Waals surface area (Å²) >= 11 is 0. The number of carboxylic acid groups (broad SMARTS) is 1. The lowest BCUT2D eigenvalue weighted by Crippen LogP contribution is -2.63. The van der Waals surface area contributed by atoms with Crippen LogP contribution in [-0.4, -0.2) is 76.0 Å². The van der Waals surface area contributed by atoms with Crippen molar-refractivity contribution < 1.29 is 24.9 Å². The predicted octanol–water partition coefficient (Wildman–Crippen LogP) is -1.72. The first-order valence-electron chi connectivity index (χ1n) is 7.83. The molecule has 0 radical (unpaired) electrons. The van der Waals surface area contributed by atoms with Gasteiger partial charge in [0, 0.05) is 44.2 Å². The number of aliphatic hydroxyl groups excluding tert-OH is 2. The molecule has 0 spiro atoms. The smallest absolute Gasteiger partial charge is 0.331 e. The van der Waals surface area contributed by atoms with E-state index in [1.54, 1.807) is 6.08 Å². The Balaban J connectivity index is 2.26. The molecule has 1 saturated heterocycles. The second-order valence-corrected chi connectivity index (χ2v) is 6.38. The van der Waals surface area contributed by atoms with Crippen LogP contribution in [0.1, 0.15) is 19.8 Å². The highest BCUT2D eigenvalue weighted by molar-refractivity contribution is 5.87. The lowest BCUT2D eigenvalue weighted by atomic mass is 9.84. The van der Waals surface area contributed by atoms with Crippen LogP contribution in [0.3, 0.4) is 0 Å². The van der Waals surface area contributed by atoms with Gasteiger partial charge in [-0.05, 0) is 12.8 Å². The Bertz CT molecular complexity index is 496. The Hall–Kier alpha value is -1.48. The summed E-state index contributed by atoms with van der Waals surface area (Å²) < 4.78 is 0. The highest BCUT2D eigenvalue weighted by Crippen LogP contribution is 2.27. The fourth-order valence-electron chi connectivity index (χ4n) is 3.43. The standard InChI is InChI=1S/C15H25N3O5/c1-8(20)17-14-11(16)4-9(15(22)23)5-12(14)18-3-2-13(21)10(6-18)7-19/h5,10-14,19,21H,2-4,6-7,16H2,1H3,(H,17,20)(H,22,23)/t10?,11-,12+,13?,14+/m0/s1. The molecule has 0 aromatic rings. The molecule has 130 valence electrons. The molecule has 0 aromatic carbocycles. The quantitative estimate of drug-likeness (QED) is 0.414. The first-order valence-corrected chi connectivity index (χ1v) is 7.83. The van der Waals surface area contributed by atoms with Gasteiger partial charge in [-0.2, -0.15) is 0 Å². The normalized spacial score (nSPS) is 35.5. The van der Waals surface area contributed by atoms with Crippen molar-refractivity contribution in [1.29, 1.82) is 0 Å². The number of carbonyl (C=O) groups excluding carboxylic acids is 1. The number of aliphatic carboxylic acids is 1. The van der Waals surface area contributed by atoms with E-state index in [4.69, 9.17) is 5.73 Å². The molecule has 1 aliphatic carbocycles. The highest BCUT2D eigenvalue weighted by Gasteiger charge is 2.39. The van der Waals surface area contributed by atoms with Gasteiger partial charge >= 0.3 is 5.97 Å². The van der Waals surface area contributed by atoms with E-state index in [0.29, 0.717) is 19.5 Å². The van der Waals surface area contributed by atoms with Gasteiger partial charge in [-0.25, -0.2) is 4.79 Å². The van der Waals surface area contributed by atoms with Crippen molar-refractivity contribution in [2.24, 2.45) is 11.7 Å². The fraction of sp³-hybridized carbons (Fsp3) is 0.733. The Kier molecular flexibility index (Phi) is 5.74. The van der Waals surface area contributed by atoms with E-state index in [9.17, 15) is 24.9 Å². The van der Waals surface area contributed by atoms with Crippen molar-refractivity contribution in [1.82, 2.24) is 10.2 Å². The number of nitrogens with two attached hydrogens (primary N) is 1. The van der Waals surface area contributed by atoms with Gasteiger partial charge in [0.25, 0.3) is 0 Å². The average Bonchev–Trinajstić information content (AvgIpc) is 2.49. The molecule has 0 saturated carbocycles. The van der Waals surface area contributed by atoms with Gasteiger partial charge in [0.1, 0.15) is 0 Å². The van der Waals surface area contributed by atoms with Crippen LogP contribution in [0.4, 0.5) is 0 Å². The van der Waals surface area contributed by atoms with Crippen molar-refractivity contribution in [2.45, 2.75) is 44.0 Å². The van der Waals surface area contributed by atoms with Crippen molar-refractivity contribution in [3.8, 4) is 0 Å². The van der Waals surface area contributed by atoms with Crippen molar-refractivity contribution in [3.63, 3.8) is 0 Å². The Labute approximate surface area is 135 Å². The molecule has 2 aliphatic rings. The summed E-state index contributed by atoms with van der Waals surface area (Å²) in [4.78, 5) is 24.8. The molecule has 1 heterocycles. The van der Waals surface area contributed by atoms with E-state index in [1.807, 2.05) is 4.90 Å². The van der Waals surface area contributed by atoms with Crippen molar-refractivity contribution in [3.05, 3.63) is 11.6 Å². The van der Waals surface area contributed by atoms with E-state index >= 15 is 0 Å². The van der Waals surface area contributed by atoms with Gasteiger partial charge in [-0.3, -0.25) is 9.69 Å². The first-order chi connectivity index (χ1) is 10.8. The zero-order valence-corrected chi connectivity index (χ0v) is 13.2. The largest absolute Gasteiger partial charge is 0.478 e. The van der Waals surface area contributed by atoms with Crippen molar-refractivity contribution in [2.75, 3.05) is 19.7 Å². The van der Waals surface area contributed by atoms with E-state index in [1.165, 1.54) is 6.92 Å². The number of carboxylic acids is 1. The molecule has 1 amide bonds. The number of nitrogens with zero attached hydrogens (tertiary/aromatic N) is 1. The van der Waals surface area contributed by atoms with Crippen LogP contribution in [0.25, 0.3) is 0 Å². The highest BCUT2D eigenvalue weighted by atomic mass is 16.4. The number of likely N-dealkylation sites (tertiary alicyclic amines) is 1. The number of carbonyl (C=O) groups is 2. The fourth-order valence-corrected chi connectivity index (χ4v) is 3.43. The molecule has 0 bridgehead atoms. The number of piperidine rings is 1. The van der Waals surface area contributed by atoms with Gasteiger partial charge in [0.2, 0.25) is 5.91 Å². The topological polar surface area (TPSA) is 136 Å². The van der Waals surface area contributed by atoms with Crippen LogP contribution in [0.5, 0.6) is 0 Å². The van der Waals surface area contributed by atoms with Crippen LogP contribution in [0.2, 0.25) is 0 Å². The minimum absolute atomic E-state index is 0.142. The van der Waals surface area contributed by atoms with Crippen LogP contribution in [0.15, 0.2) is 11.6 Å². The third-order valence-corrected chi connectivity index (χ3v) is 4.68. The minimum atomic E-state index is -1.01. The molecule has 6 N–H and O–H groups in total. The molecule has 2 unspecified atom stereocenters. The maximum absolute atomic E-state index is 11.5. The summed E-state index contributed by atoms with van der Waals surface area (Å²) in [5.74, 6) is -1.53. The SMILES string of the molecule is CC(=O)N[C@H]1[C@H](N2CCC(O)C(CO)C2)C=C(C(=O)O)C[C@@H]1N. The molecule has 0 aromatic heterocycles. The number of hydrogen-bond donors (Lipinski definition) is 5. The predicted molar refractivity (Wildman–Crippen MR) is 82.5 cm³/mol. The van der Waals surface area contributed by atoms with Gasteiger partial charge in [0.05, 0.1) is 18.2 Å². The van der Waals surface area contributed by atoms with Gasteiger partial charge < -0.3 is 26.4 Å². The van der Waals surface area contributed by atoms with Crippen LogP contribution < -0.4 is 11.1 Å². The number of rotatable bonds is 4. The summed E-state index contributed by atoms with van der Waals surface area (Å²) in [5.41, 5.74) is 6.33. The van der Waals surface area contributed by atoms with Crippen LogP contribution in [-0.2, 0) is 9.59 Å². The van der Waals surface area contributed by atoms with E-state index in [2.05, 4.69) is 5.32 Å². The van der Waals surface area contributed by atoms with Gasteiger partial charge in [-0.1, -0.05) is 6.08 Å².